The van der Waals surface area contributed by atoms with E-state index >= 15 is 0 Å². The molecule has 1 fully saturated rings. The van der Waals surface area contributed by atoms with E-state index in [1.54, 1.807) is 25.1 Å². The van der Waals surface area contributed by atoms with Crippen LogP contribution in [-0.4, -0.2) is 18.5 Å². The Labute approximate surface area is 143 Å². The number of anilines is 1. The van der Waals surface area contributed by atoms with Gasteiger partial charge in [0, 0.05) is 0 Å². The van der Waals surface area contributed by atoms with Gasteiger partial charge in [0.25, 0.3) is 0 Å². The first kappa shape index (κ1) is 16.6. The van der Waals surface area contributed by atoms with Crippen LogP contribution in [0, 0.1) is 5.82 Å². The molecule has 126 valence electrons. The van der Waals surface area contributed by atoms with Crippen LogP contribution in [0.1, 0.15) is 47.2 Å². The van der Waals surface area contributed by atoms with E-state index in [4.69, 9.17) is 4.74 Å². The molecular weight excluding hydrogens is 329 g/mol. The highest BCUT2D eigenvalue weighted by Gasteiger charge is 2.32. The lowest BCUT2D eigenvalue weighted by molar-refractivity contribution is -0.115. The first-order chi connectivity index (χ1) is 11.6. The van der Waals surface area contributed by atoms with Crippen molar-refractivity contribution in [2.75, 3.05) is 11.9 Å². The van der Waals surface area contributed by atoms with Crippen LogP contribution in [0.5, 0.6) is 0 Å². The molecule has 0 saturated heterocycles. The zero-order valence-electron chi connectivity index (χ0n) is 13.3. The number of nitrogens with one attached hydrogen (secondary N) is 1. The lowest BCUT2D eigenvalue weighted by atomic mass is 10.1. The number of carbonyl (C=O) groups excluding carboxylic acids is 2. The third-order valence-corrected chi connectivity index (χ3v) is 4.79. The fourth-order valence-electron chi connectivity index (χ4n) is 2.56. The second kappa shape index (κ2) is 7.13. The number of carbonyl (C=O) groups is 2. The minimum Gasteiger partial charge on any atom is -0.462 e. The largest absolute Gasteiger partial charge is 0.462 e. The minimum atomic E-state index is -0.415. The lowest BCUT2D eigenvalue weighted by Gasteiger charge is -2.08. The third kappa shape index (κ3) is 3.64. The van der Waals surface area contributed by atoms with Crippen LogP contribution >= 0.6 is 11.3 Å². The molecule has 1 N–H and O–H groups in total. The molecule has 0 aliphatic heterocycles. The first-order valence-corrected chi connectivity index (χ1v) is 8.79. The molecule has 1 heterocycles. The van der Waals surface area contributed by atoms with E-state index in [1.165, 1.54) is 17.4 Å². The molecule has 0 bridgehead atoms. The molecule has 1 aliphatic carbocycles. The summed E-state index contributed by atoms with van der Waals surface area (Å²) in [5.41, 5.74) is 1.72. The molecule has 1 amide bonds. The number of hydrogen-bond donors (Lipinski definition) is 1. The summed E-state index contributed by atoms with van der Waals surface area (Å²) in [7, 11) is 0. The van der Waals surface area contributed by atoms with E-state index < -0.39 is 11.8 Å². The topological polar surface area (TPSA) is 55.4 Å². The zero-order valence-corrected chi connectivity index (χ0v) is 14.1. The van der Waals surface area contributed by atoms with Crippen LogP contribution in [0.2, 0.25) is 0 Å². The number of hydrogen-bond acceptors (Lipinski definition) is 4. The predicted octanol–water partition coefficient (Wildman–Crippen LogP) is 4.12. The predicted molar refractivity (Wildman–Crippen MR) is 91.0 cm³/mol. The van der Waals surface area contributed by atoms with Crippen molar-refractivity contribution >= 4 is 28.2 Å². The Morgan fingerprint density at radius 2 is 2.08 bits per heavy atom. The summed E-state index contributed by atoms with van der Waals surface area (Å²) >= 11 is 1.32. The molecular formula is C18H18FNO3S. The molecule has 0 unspecified atom stereocenters. The van der Waals surface area contributed by atoms with Gasteiger partial charge < -0.3 is 10.1 Å². The molecule has 0 atom stereocenters. The molecule has 1 aliphatic rings. The maximum absolute atomic E-state index is 13.7. The van der Waals surface area contributed by atoms with Crippen LogP contribution in [-0.2, 0) is 16.0 Å². The number of thiophene rings is 1. The maximum Gasteiger partial charge on any atom is 0.341 e. The van der Waals surface area contributed by atoms with Gasteiger partial charge in [-0.2, -0.15) is 0 Å². The van der Waals surface area contributed by atoms with Gasteiger partial charge in [-0.25, -0.2) is 9.18 Å². The van der Waals surface area contributed by atoms with Crippen molar-refractivity contribution in [2.45, 2.75) is 32.1 Å². The Hall–Kier alpha value is -2.21. The summed E-state index contributed by atoms with van der Waals surface area (Å²) in [6.45, 7) is 2.03. The summed E-state index contributed by atoms with van der Waals surface area (Å²) in [5, 5.41) is 5.13. The van der Waals surface area contributed by atoms with Crippen LogP contribution in [0.25, 0.3) is 0 Å². The second-order valence-electron chi connectivity index (χ2n) is 5.71. The molecule has 1 aromatic carbocycles. The van der Waals surface area contributed by atoms with Crippen LogP contribution in [0.15, 0.2) is 29.6 Å². The molecule has 1 aromatic heterocycles. The van der Waals surface area contributed by atoms with E-state index in [2.05, 4.69) is 5.32 Å². The minimum absolute atomic E-state index is 0.0778. The monoisotopic (exact) mass is 347 g/mol. The van der Waals surface area contributed by atoms with Gasteiger partial charge in [0.1, 0.15) is 10.8 Å². The molecule has 3 rings (SSSR count). The number of benzene rings is 1. The van der Waals surface area contributed by atoms with Gasteiger partial charge in [-0.3, -0.25) is 4.79 Å². The summed E-state index contributed by atoms with van der Waals surface area (Å²) in [6.07, 6.45) is 2.02. The standard InChI is InChI=1S/C18H18FNO3S/c1-2-23-18(22)16-13(11-7-8-11)10-24-17(16)20-15(21)9-12-5-3-4-6-14(12)19/h3-6,10-11H,2,7-9H2,1H3,(H,20,21). The van der Waals surface area contributed by atoms with Crippen molar-refractivity contribution in [3.8, 4) is 0 Å². The highest BCUT2D eigenvalue weighted by atomic mass is 32.1. The average molecular weight is 347 g/mol. The fraction of sp³-hybridized carbons (Fsp3) is 0.333. The maximum atomic E-state index is 13.7. The Morgan fingerprint density at radius 3 is 2.75 bits per heavy atom. The molecule has 1 saturated carbocycles. The Morgan fingerprint density at radius 1 is 1.33 bits per heavy atom. The van der Waals surface area contributed by atoms with Crippen LogP contribution < -0.4 is 5.32 Å². The van der Waals surface area contributed by atoms with Crippen molar-refractivity contribution in [2.24, 2.45) is 0 Å². The van der Waals surface area contributed by atoms with Gasteiger partial charge in [-0.1, -0.05) is 18.2 Å². The van der Waals surface area contributed by atoms with E-state index in [1.807, 2.05) is 5.38 Å². The Balaban J connectivity index is 1.78. The van der Waals surface area contributed by atoms with Crippen LogP contribution in [0.3, 0.4) is 0 Å². The van der Waals surface area contributed by atoms with E-state index in [-0.39, 0.29) is 18.9 Å². The molecule has 0 radical (unpaired) electrons. The van der Waals surface area contributed by atoms with Gasteiger partial charge >= 0.3 is 5.97 Å². The zero-order chi connectivity index (χ0) is 17.1. The lowest BCUT2D eigenvalue weighted by Crippen LogP contribution is -2.17. The normalized spacial score (nSPS) is 13.6. The summed E-state index contributed by atoms with van der Waals surface area (Å²) < 4.78 is 18.8. The van der Waals surface area contributed by atoms with Crippen molar-refractivity contribution < 1.29 is 18.7 Å². The molecule has 4 nitrogen and oxygen atoms in total. The van der Waals surface area contributed by atoms with Gasteiger partial charge in [-0.15, -0.1) is 11.3 Å². The Bertz CT molecular complexity index is 767. The van der Waals surface area contributed by atoms with Crippen molar-refractivity contribution in [1.82, 2.24) is 0 Å². The number of halogens is 1. The fourth-order valence-corrected chi connectivity index (χ4v) is 3.60. The van der Waals surface area contributed by atoms with Crippen molar-refractivity contribution in [3.05, 3.63) is 52.2 Å². The summed E-state index contributed by atoms with van der Waals surface area (Å²) in [5.74, 6) is -0.808. The quantitative estimate of drug-likeness (QED) is 0.800. The van der Waals surface area contributed by atoms with E-state index in [0.29, 0.717) is 22.0 Å². The van der Waals surface area contributed by atoms with E-state index in [9.17, 15) is 14.0 Å². The van der Waals surface area contributed by atoms with Crippen LogP contribution in [0.4, 0.5) is 9.39 Å². The molecule has 2 aromatic rings. The van der Waals surface area contributed by atoms with Gasteiger partial charge in [0.15, 0.2) is 0 Å². The third-order valence-electron chi connectivity index (χ3n) is 3.88. The highest BCUT2D eigenvalue weighted by molar-refractivity contribution is 7.15. The number of ether oxygens (including phenoxy) is 1. The molecule has 6 heteroatoms. The van der Waals surface area contributed by atoms with Crippen molar-refractivity contribution in [1.29, 1.82) is 0 Å². The molecule has 0 spiro atoms. The van der Waals surface area contributed by atoms with Crippen molar-refractivity contribution in [3.63, 3.8) is 0 Å². The van der Waals surface area contributed by atoms with Gasteiger partial charge in [-0.05, 0) is 48.3 Å². The average Bonchev–Trinajstić information content (AvgIpc) is 3.31. The second-order valence-corrected chi connectivity index (χ2v) is 6.59. The SMILES string of the molecule is CCOC(=O)c1c(C2CC2)csc1NC(=O)Cc1ccccc1F. The Kier molecular flexibility index (Phi) is 4.94. The molecule has 24 heavy (non-hydrogen) atoms. The first-order valence-electron chi connectivity index (χ1n) is 7.92. The summed E-state index contributed by atoms with van der Waals surface area (Å²) in [6, 6.07) is 6.16. The van der Waals surface area contributed by atoms with E-state index in [0.717, 1.165) is 18.4 Å². The van der Waals surface area contributed by atoms with Gasteiger partial charge in [0.05, 0.1) is 18.6 Å². The number of esters is 1. The highest BCUT2D eigenvalue weighted by Crippen LogP contribution is 2.46. The number of amides is 1. The number of rotatable bonds is 6. The summed E-state index contributed by atoms with van der Waals surface area (Å²) in [4.78, 5) is 24.5. The smallest absolute Gasteiger partial charge is 0.341 e. The van der Waals surface area contributed by atoms with Gasteiger partial charge in [0.2, 0.25) is 5.91 Å².